The Balaban J connectivity index is -0.000000457. The summed E-state index contributed by atoms with van der Waals surface area (Å²) < 4.78 is 2.66. The van der Waals surface area contributed by atoms with Crippen molar-refractivity contribution in [3.63, 3.8) is 0 Å². The first-order valence-electron chi connectivity index (χ1n) is 25.2. The van der Waals surface area contributed by atoms with Gasteiger partial charge < -0.3 is 33.8 Å². The largest absolute Gasteiger partial charge is 1.00 e. The number of nitrogens with zero attached hydrogens (tertiary/aromatic N) is 2. The van der Waals surface area contributed by atoms with Crippen molar-refractivity contribution in [2.24, 2.45) is 0 Å². The van der Waals surface area contributed by atoms with E-state index in [1.807, 2.05) is 0 Å². The number of quaternary nitrogens is 2. The van der Waals surface area contributed by atoms with Crippen molar-refractivity contribution in [1.82, 2.24) is 0 Å². The molecule has 0 spiro atoms. The highest BCUT2D eigenvalue weighted by molar-refractivity contribution is 4.53. The van der Waals surface area contributed by atoms with Crippen molar-refractivity contribution in [2.45, 2.75) is 274 Å². The van der Waals surface area contributed by atoms with Crippen LogP contribution in [-0.4, -0.2) is 61.3 Å². The number of rotatable bonds is 42. The molecule has 0 bridgehead atoms. The van der Waals surface area contributed by atoms with Gasteiger partial charge in [-0.2, -0.15) is 0 Å². The van der Waals surface area contributed by atoms with Gasteiger partial charge in [-0.05, 0) is 67.2 Å². The molecule has 0 N–H and O–H groups in total. The monoisotopic (exact) mass is 807 g/mol. The lowest BCUT2D eigenvalue weighted by Gasteiger charge is -2.35. The Morgan fingerprint density at radius 1 is 0.185 bits per heavy atom. The molecule has 0 saturated heterocycles. The van der Waals surface area contributed by atoms with E-state index in [0.717, 1.165) is 0 Å². The number of hydrogen-bond acceptors (Lipinski definition) is 0. The topological polar surface area (TPSA) is 0 Å². The molecule has 4 heteroatoms. The van der Waals surface area contributed by atoms with Gasteiger partial charge in [0, 0.05) is 0 Å². The Kier molecular flexibility index (Phi) is 56.2. The zero-order chi connectivity index (χ0) is 38.7. The van der Waals surface area contributed by atoms with Crippen molar-refractivity contribution in [2.75, 3.05) is 52.4 Å². The molecule has 0 fully saturated rings. The van der Waals surface area contributed by atoms with Crippen molar-refractivity contribution >= 4 is 0 Å². The van der Waals surface area contributed by atoms with Crippen molar-refractivity contribution in [1.29, 1.82) is 0 Å². The van der Waals surface area contributed by atoms with Crippen LogP contribution in [0.1, 0.15) is 274 Å². The zero-order valence-electron chi connectivity index (χ0n) is 39.3. The Hall–Kier alpha value is 0.500. The van der Waals surface area contributed by atoms with E-state index in [4.69, 9.17) is 0 Å². The standard InChI is InChI=1S/C28H60N.C22H48N.2ClH/c1-5-9-10-11-12-13-14-15-16-17-18-19-20-21-22-23-24-25-26-27-28-29(6-2,7-3)8-4;1-5-9-10-11-12-13-14-15-16-17-18-19-20-21-22-23(6-2,7-3)8-4;;/h5-28H2,1-4H3;5-22H2,1-4H3;2*1H/q2*+1;;/p-2. The van der Waals surface area contributed by atoms with E-state index in [1.165, 1.54) is 280 Å². The molecule has 0 heterocycles. The summed E-state index contributed by atoms with van der Waals surface area (Å²) in [6, 6.07) is 0. The van der Waals surface area contributed by atoms with Crippen LogP contribution < -0.4 is 24.8 Å². The van der Waals surface area contributed by atoms with Crippen molar-refractivity contribution in [3.8, 4) is 0 Å². The van der Waals surface area contributed by atoms with E-state index >= 15 is 0 Å². The van der Waals surface area contributed by atoms with Crippen LogP contribution in [0.5, 0.6) is 0 Å². The molecule has 0 aliphatic rings. The minimum atomic E-state index is 0. The fourth-order valence-electron chi connectivity index (χ4n) is 8.63. The average molecular weight is 808 g/mol. The molecule has 0 aromatic carbocycles. The van der Waals surface area contributed by atoms with Gasteiger partial charge in [-0.25, -0.2) is 0 Å². The van der Waals surface area contributed by atoms with Crippen LogP contribution in [0.2, 0.25) is 0 Å². The molecule has 0 unspecified atom stereocenters. The lowest BCUT2D eigenvalue weighted by atomic mass is 10.0. The first-order chi connectivity index (χ1) is 25.5. The Morgan fingerprint density at radius 3 is 0.444 bits per heavy atom. The van der Waals surface area contributed by atoms with Crippen LogP contribution in [0.15, 0.2) is 0 Å². The molecule has 54 heavy (non-hydrogen) atoms. The smallest absolute Gasteiger partial charge is 0.0786 e. The predicted octanol–water partition coefficient (Wildman–Crippen LogP) is 11.0. The summed E-state index contributed by atoms with van der Waals surface area (Å²) in [6.45, 7) is 29.4. The summed E-state index contributed by atoms with van der Waals surface area (Å²) in [6.07, 6.45) is 49.9. The van der Waals surface area contributed by atoms with Crippen LogP contribution in [0.25, 0.3) is 0 Å². The molecule has 2 nitrogen and oxygen atoms in total. The van der Waals surface area contributed by atoms with Crippen molar-refractivity contribution in [3.05, 3.63) is 0 Å². The Morgan fingerprint density at radius 2 is 0.315 bits per heavy atom. The highest BCUT2D eigenvalue weighted by Gasteiger charge is 2.20. The second-order valence-electron chi connectivity index (χ2n) is 17.3. The fraction of sp³-hybridized carbons (Fsp3) is 1.00. The molecule has 332 valence electrons. The van der Waals surface area contributed by atoms with E-state index in [1.54, 1.807) is 0 Å². The van der Waals surface area contributed by atoms with E-state index in [2.05, 4.69) is 55.4 Å². The van der Waals surface area contributed by atoms with Gasteiger partial charge in [-0.3, -0.25) is 0 Å². The minimum absolute atomic E-state index is 0. The summed E-state index contributed by atoms with van der Waals surface area (Å²) in [5.74, 6) is 0. The van der Waals surface area contributed by atoms with Crippen LogP contribution in [0.4, 0.5) is 0 Å². The van der Waals surface area contributed by atoms with Crippen LogP contribution in [0, 0.1) is 0 Å². The SMILES string of the molecule is CCCCCCCCCCCCCCCCCCCCCC[N+](CC)(CC)CC.CCCCCCCCCCCCCCCC[N+](CC)(CC)CC.[Cl-].[Cl-]. The fourth-order valence-corrected chi connectivity index (χ4v) is 8.63. The molecular formula is C50H108Cl2N2. The molecule has 0 aliphatic carbocycles. The molecule has 0 aromatic rings. The van der Waals surface area contributed by atoms with E-state index in [-0.39, 0.29) is 24.8 Å². The molecule has 0 rings (SSSR count). The third-order valence-electron chi connectivity index (χ3n) is 13.5. The number of halogens is 2. The maximum atomic E-state index is 2.36. The zero-order valence-corrected chi connectivity index (χ0v) is 40.9. The third-order valence-corrected chi connectivity index (χ3v) is 13.5. The highest BCUT2D eigenvalue weighted by Crippen LogP contribution is 2.17. The van der Waals surface area contributed by atoms with E-state index in [0.29, 0.717) is 0 Å². The third kappa shape index (κ3) is 40.7. The lowest BCUT2D eigenvalue weighted by Crippen LogP contribution is -3.00. The Bertz CT molecular complexity index is 618. The van der Waals surface area contributed by atoms with Crippen LogP contribution in [-0.2, 0) is 0 Å². The summed E-state index contributed by atoms with van der Waals surface area (Å²) in [4.78, 5) is 0. The van der Waals surface area contributed by atoms with Gasteiger partial charge in [0.05, 0.1) is 52.4 Å². The molecule has 0 amide bonds. The first kappa shape index (κ1) is 61.2. The quantitative estimate of drug-likeness (QED) is 0.0426. The summed E-state index contributed by atoms with van der Waals surface area (Å²) in [7, 11) is 0. The molecular weight excluding hydrogens is 699 g/mol. The number of hydrogen-bond donors (Lipinski definition) is 0. The van der Waals surface area contributed by atoms with Gasteiger partial charge in [-0.15, -0.1) is 0 Å². The average Bonchev–Trinajstić information content (AvgIpc) is 3.18. The maximum absolute atomic E-state index is 2.36. The van der Waals surface area contributed by atoms with Gasteiger partial charge >= 0.3 is 0 Å². The summed E-state index contributed by atoms with van der Waals surface area (Å²) in [5.41, 5.74) is 0. The van der Waals surface area contributed by atoms with Gasteiger partial charge in [0.2, 0.25) is 0 Å². The summed E-state index contributed by atoms with van der Waals surface area (Å²) >= 11 is 0. The van der Waals surface area contributed by atoms with E-state index in [9.17, 15) is 0 Å². The second-order valence-corrected chi connectivity index (χ2v) is 17.3. The molecule has 0 aliphatic heterocycles. The number of unbranched alkanes of at least 4 members (excludes halogenated alkanes) is 32. The molecule has 0 aromatic heterocycles. The van der Waals surface area contributed by atoms with Gasteiger partial charge in [0.25, 0.3) is 0 Å². The van der Waals surface area contributed by atoms with Crippen molar-refractivity contribution < 1.29 is 33.8 Å². The molecule has 0 atom stereocenters. The predicted molar refractivity (Wildman–Crippen MR) is 242 cm³/mol. The second kappa shape index (κ2) is 49.6. The van der Waals surface area contributed by atoms with Crippen LogP contribution in [0.3, 0.4) is 0 Å². The molecule has 0 radical (unpaired) electrons. The Labute approximate surface area is 358 Å². The van der Waals surface area contributed by atoms with Crippen LogP contribution >= 0.6 is 0 Å². The maximum Gasteiger partial charge on any atom is 0.0786 e. The first-order valence-corrected chi connectivity index (χ1v) is 25.2. The highest BCUT2D eigenvalue weighted by atomic mass is 35.5. The lowest BCUT2D eigenvalue weighted by molar-refractivity contribution is -0.923. The van der Waals surface area contributed by atoms with Gasteiger partial charge in [0.15, 0.2) is 0 Å². The minimum Gasteiger partial charge on any atom is -1.00 e. The molecule has 0 saturated carbocycles. The van der Waals surface area contributed by atoms with Gasteiger partial charge in [-0.1, -0.05) is 206 Å². The van der Waals surface area contributed by atoms with E-state index < -0.39 is 0 Å². The van der Waals surface area contributed by atoms with Gasteiger partial charge in [0.1, 0.15) is 0 Å². The summed E-state index contributed by atoms with van der Waals surface area (Å²) in [5, 5.41) is 0. The normalized spacial score (nSPS) is 11.6.